The Kier molecular flexibility index (Phi) is 3.30. The molecule has 1 aliphatic heterocycles. The molecule has 1 fully saturated rings. The summed E-state index contributed by atoms with van der Waals surface area (Å²) in [6, 6.07) is 4.49. The molecule has 1 aliphatic rings. The molecular formula is C13H11N3O4S. The number of amides is 3. The molecule has 2 aromatic rings. The van der Waals surface area contributed by atoms with E-state index in [1.54, 1.807) is 6.92 Å². The Morgan fingerprint density at radius 3 is 3.05 bits per heavy atom. The Labute approximate surface area is 123 Å². The summed E-state index contributed by atoms with van der Waals surface area (Å²) in [5, 5.41) is 7.79. The van der Waals surface area contributed by atoms with Gasteiger partial charge in [-0.2, -0.15) is 0 Å². The van der Waals surface area contributed by atoms with Gasteiger partial charge in [-0.05, 0) is 18.4 Å². The average molecular weight is 305 g/mol. The van der Waals surface area contributed by atoms with Crippen LogP contribution in [0.3, 0.4) is 0 Å². The first-order valence-corrected chi connectivity index (χ1v) is 7.09. The zero-order valence-corrected chi connectivity index (χ0v) is 11.8. The summed E-state index contributed by atoms with van der Waals surface area (Å²) < 4.78 is 5.14. The summed E-state index contributed by atoms with van der Waals surface area (Å²) in [6.45, 7) is 1.38. The van der Waals surface area contributed by atoms with Gasteiger partial charge in [0.2, 0.25) is 11.8 Å². The van der Waals surface area contributed by atoms with Crippen molar-refractivity contribution in [1.29, 1.82) is 0 Å². The molecule has 3 rings (SSSR count). The monoisotopic (exact) mass is 305 g/mol. The molecule has 1 unspecified atom stereocenters. The van der Waals surface area contributed by atoms with E-state index in [0.717, 1.165) is 4.88 Å². The normalized spacial score (nSPS) is 18.7. The second kappa shape index (κ2) is 5.13. The van der Waals surface area contributed by atoms with Crippen LogP contribution in [0, 0.1) is 0 Å². The summed E-state index contributed by atoms with van der Waals surface area (Å²) in [6.07, 6.45) is 0. The quantitative estimate of drug-likeness (QED) is 0.832. The van der Waals surface area contributed by atoms with Gasteiger partial charge in [0.25, 0.3) is 5.91 Å². The smallest absolute Gasteiger partial charge is 0.277 e. The highest BCUT2D eigenvalue weighted by molar-refractivity contribution is 7.13. The van der Waals surface area contributed by atoms with Gasteiger partial charge in [-0.25, -0.2) is 0 Å². The molecule has 3 amide bonds. The van der Waals surface area contributed by atoms with Crippen molar-refractivity contribution in [1.82, 2.24) is 15.4 Å². The molecule has 8 heteroatoms. The van der Waals surface area contributed by atoms with E-state index in [2.05, 4.69) is 10.5 Å². The van der Waals surface area contributed by atoms with E-state index in [4.69, 9.17) is 4.52 Å². The minimum absolute atomic E-state index is 0.0766. The van der Waals surface area contributed by atoms with Gasteiger partial charge in [0.1, 0.15) is 12.6 Å². The average Bonchev–Trinajstić information content (AvgIpc) is 3.11. The third-order valence-corrected chi connectivity index (χ3v) is 4.06. The first-order chi connectivity index (χ1) is 10.1. The van der Waals surface area contributed by atoms with Crippen molar-refractivity contribution >= 4 is 29.1 Å². The number of imide groups is 1. The van der Waals surface area contributed by atoms with E-state index >= 15 is 0 Å². The van der Waals surface area contributed by atoms with Crippen LogP contribution >= 0.6 is 11.3 Å². The lowest BCUT2D eigenvalue weighted by molar-refractivity contribution is -0.138. The fourth-order valence-electron chi connectivity index (χ4n) is 2.02. The number of aromatic nitrogens is 1. The summed E-state index contributed by atoms with van der Waals surface area (Å²) >= 11 is 1.46. The number of hydrogen-bond acceptors (Lipinski definition) is 6. The second-order valence-electron chi connectivity index (χ2n) is 4.58. The summed E-state index contributed by atoms with van der Waals surface area (Å²) in [5.74, 6) is -1.03. The highest BCUT2D eigenvalue weighted by atomic mass is 32.1. The Bertz CT molecular complexity index is 707. The van der Waals surface area contributed by atoms with Crippen LogP contribution in [0.1, 0.15) is 17.4 Å². The number of thiophene rings is 1. The molecule has 0 spiro atoms. The number of nitrogens with zero attached hydrogens (tertiary/aromatic N) is 2. The summed E-state index contributed by atoms with van der Waals surface area (Å²) in [4.78, 5) is 37.3. The van der Waals surface area contributed by atoms with E-state index in [1.807, 2.05) is 17.5 Å². The summed E-state index contributed by atoms with van der Waals surface area (Å²) in [7, 11) is 0. The lowest BCUT2D eigenvalue weighted by Crippen LogP contribution is -2.58. The van der Waals surface area contributed by atoms with Crippen LogP contribution in [-0.4, -0.2) is 40.4 Å². The highest BCUT2D eigenvalue weighted by Crippen LogP contribution is 2.25. The van der Waals surface area contributed by atoms with Crippen molar-refractivity contribution in [3.63, 3.8) is 0 Å². The van der Waals surface area contributed by atoms with Gasteiger partial charge in [-0.3, -0.25) is 19.7 Å². The number of piperazine rings is 1. The number of hydrogen-bond donors (Lipinski definition) is 1. The minimum Gasteiger partial charge on any atom is -0.355 e. The predicted octanol–water partition coefficient (Wildman–Crippen LogP) is 0.890. The second-order valence-corrected chi connectivity index (χ2v) is 5.52. The van der Waals surface area contributed by atoms with Crippen LogP contribution in [0.25, 0.3) is 10.6 Å². The van der Waals surface area contributed by atoms with Gasteiger partial charge in [-0.15, -0.1) is 11.3 Å². The molecule has 1 saturated heterocycles. The van der Waals surface area contributed by atoms with Gasteiger partial charge < -0.3 is 9.42 Å². The number of carbonyl (C=O) groups excluding carboxylic acids is 3. The molecule has 1 atom stereocenters. The lowest BCUT2D eigenvalue weighted by atomic mass is 10.2. The zero-order chi connectivity index (χ0) is 15.0. The Morgan fingerprint density at radius 2 is 2.33 bits per heavy atom. The van der Waals surface area contributed by atoms with Crippen molar-refractivity contribution in [2.75, 3.05) is 6.54 Å². The van der Waals surface area contributed by atoms with Crippen molar-refractivity contribution in [2.24, 2.45) is 0 Å². The summed E-state index contributed by atoms with van der Waals surface area (Å²) in [5.41, 5.74) is 0.0766. The van der Waals surface area contributed by atoms with E-state index < -0.39 is 23.8 Å². The van der Waals surface area contributed by atoms with Crippen molar-refractivity contribution in [2.45, 2.75) is 13.0 Å². The molecule has 0 aliphatic carbocycles. The lowest BCUT2D eigenvalue weighted by Gasteiger charge is -2.30. The van der Waals surface area contributed by atoms with E-state index in [9.17, 15) is 14.4 Å². The van der Waals surface area contributed by atoms with Gasteiger partial charge in [0.15, 0.2) is 11.5 Å². The Morgan fingerprint density at radius 1 is 1.52 bits per heavy atom. The van der Waals surface area contributed by atoms with Crippen molar-refractivity contribution in [3.8, 4) is 10.6 Å². The topological polar surface area (TPSA) is 92.5 Å². The minimum atomic E-state index is -0.725. The van der Waals surface area contributed by atoms with Crippen LogP contribution in [-0.2, 0) is 9.59 Å². The molecule has 7 nitrogen and oxygen atoms in total. The van der Waals surface area contributed by atoms with Crippen LogP contribution in [0.2, 0.25) is 0 Å². The molecule has 21 heavy (non-hydrogen) atoms. The van der Waals surface area contributed by atoms with Crippen LogP contribution in [0.15, 0.2) is 28.1 Å². The largest absolute Gasteiger partial charge is 0.355 e. The standard InChI is InChI=1S/C13H11N3O4S/c1-7-12(18)14-11(17)6-16(7)13(19)8-5-9(20-15-8)10-3-2-4-21-10/h2-5,7H,6H2,1H3,(H,14,17,18). The fourth-order valence-corrected chi connectivity index (χ4v) is 2.69. The maximum Gasteiger partial charge on any atom is 0.277 e. The molecule has 0 saturated carbocycles. The van der Waals surface area contributed by atoms with E-state index in [0.29, 0.717) is 5.76 Å². The predicted molar refractivity (Wildman–Crippen MR) is 73.5 cm³/mol. The molecule has 2 aromatic heterocycles. The maximum absolute atomic E-state index is 12.4. The van der Waals surface area contributed by atoms with Crippen LogP contribution in [0.5, 0.6) is 0 Å². The number of rotatable bonds is 2. The SMILES string of the molecule is CC1C(=O)NC(=O)CN1C(=O)c1cc(-c2cccs2)on1. The van der Waals surface area contributed by atoms with Gasteiger partial charge in [0, 0.05) is 6.07 Å². The van der Waals surface area contributed by atoms with Gasteiger partial charge in [0.05, 0.1) is 4.88 Å². The molecular weight excluding hydrogens is 294 g/mol. The Hall–Kier alpha value is -2.48. The van der Waals surface area contributed by atoms with Gasteiger partial charge in [-0.1, -0.05) is 11.2 Å². The molecule has 108 valence electrons. The maximum atomic E-state index is 12.4. The fraction of sp³-hybridized carbons (Fsp3) is 0.231. The van der Waals surface area contributed by atoms with E-state index in [-0.39, 0.29) is 12.2 Å². The van der Waals surface area contributed by atoms with Crippen molar-refractivity contribution in [3.05, 3.63) is 29.3 Å². The first kappa shape index (κ1) is 13.5. The van der Waals surface area contributed by atoms with Crippen LogP contribution < -0.4 is 5.32 Å². The number of carbonyl (C=O) groups is 3. The van der Waals surface area contributed by atoms with E-state index in [1.165, 1.54) is 22.3 Å². The zero-order valence-electron chi connectivity index (χ0n) is 11.0. The molecule has 0 aromatic carbocycles. The third kappa shape index (κ3) is 2.45. The first-order valence-electron chi connectivity index (χ1n) is 6.21. The third-order valence-electron chi connectivity index (χ3n) is 3.18. The molecule has 0 radical (unpaired) electrons. The Balaban J connectivity index is 1.85. The highest BCUT2D eigenvalue weighted by Gasteiger charge is 2.35. The number of nitrogens with one attached hydrogen (secondary N) is 1. The van der Waals surface area contributed by atoms with Crippen molar-refractivity contribution < 1.29 is 18.9 Å². The molecule has 3 heterocycles. The van der Waals surface area contributed by atoms with Gasteiger partial charge >= 0.3 is 0 Å². The molecule has 0 bridgehead atoms. The molecule has 1 N–H and O–H groups in total. The van der Waals surface area contributed by atoms with Crippen LogP contribution in [0.4, 0.5) is 0 Å².